The van der Waals surface area contributed by atoms with Gasteiger partial charge in [0, 0.05) is 24.2 Å². The Hall–Kier alpha value is -3.12. The van der Waals surface area contributed by atoms with Crippen molar-refractivity contribution in [2.24, 2.45) is 0 Å². The maximum Gasteiger partial charge on any atom is 0.252 e. The van der Waals surface area contributed by atoms with Gasteiger partial charge in [0.25, 0.3) is 5.91 Å². The van der Waals surface area contributed by atoms with E-state index in [0.29, 0.717) is 17.9 Å². The molecule has 2 N–H and O–H groups in total. The summed E-state index contributed by atoms with van der Waals surface area (Å²) in [5.74, 6) is 1.34. The Kier molecular flexibility index (Phi) is 8.24. The Balaban J connectivity index is 1.75. The van der Waals surface area contributed by atoms with Crippen molar-refractivity contribution in [1.29, 1.82) is 0 Å². The molecular weight excluding hydrogens is 388 g/mol. The molecule has 0 atom stereocenters. The minimum Gasteiger partial charge on any atom is -0.497 e. The summed E-state index contributed by atoms with van der Waals surface area (Å²) in [7, 11) is 1.64. The Morgan fingerprint density at radius 3 is 2.55 bits per heavy atom. The molecule has 31 heavy (non-hydrogen) atoms. The Morgan fingerprint density at radius 1 is 1.06 bits per heavy atom. The first-order valence-corrected chi connectivity index (χ1v) is 11.0. The van der Waals surface area contributed by atoms with Gasteiger partial charge in [-0.1, -0.05) is 38.5 Å². The number of amides is 1. The lowest BCUT2D eigenvalue weighted by atomic mass is 10.1. The van der Waals surface area contributed by atoms with Crippen LogP contribution in [0.2, 0.25) is 0 Å². The SMILES string of the molecule is CCCCN(CC)CCNC(=O)c1cc(Nc2ccc(OC)cc2)nc2ccccc12. The molecule has 0 radical (unpaired) electrons. The van der Waals surface area contributed by atoms with Gasteiger partial charge in [0.2, 0.25) is 0 Å². The van der Waals surface area contributed by atoms with E-state index in [4.69, 9.17) is 4.74 Å². The largest absolute Gasteiger partial charge is 0.497 e. The quantitative estimate of drug-likeness (QED) is 0.465. The van der Waals surface area contributed by atoms with Crippen molar-refractivity contribution in [3.63, 3.8) is 0 Å². The number of benzene rings is 2. The molecule has 0 saturated heterocycles. The molecule has 0 fully saturated rings. The number of carbonyl (C=O) groups is 1. The number of hydrogen-bond donors (Lipinski definition) is 2. The van der Waals surface area contributed by atoms with Crippen LogP contribution in [-0.4, -0.2) is 49.1 Å². The number of pyridine rings is 1. The first kappa shape index (κ1) is 22.6. The minimum absolute atomic E-state index is 0.0806. The third-order valence-electron chi connectivity index (χ3n) is 5.31. The molecule has 0 aliphatic heterocycles. The Morgan fingerprint density at radius 2 is 1.84 bits per heavy atom. The fourth-order valence-electron chi connectivity index (χ4n) is 3.48. The predicted octanol–water partition coefficient (Wildman–Crippen LogP) is 4.84. The summed E-state index contributed by atoms with van der Waals surface area (Å²) in [6.07, 6.45) is 2.35. The Bertz CT molecular complexity index is 988. The molecular formula is C25H32N4O2. The van der Waals surface area contributed by atoms with Gasteiger partial charge in [-0.05, 0) is 55.9 Å². The second-order valence-corrected chi connectivity index (χ2v) is 7.47. The summed E-state index contributed by atoms with van der Waals surface area (Å²) in [6, 6.07) is 17.2. The second kappa shape index (κ2) is 11.3. The summed E-state index contributed by atoms with van der Waals surface area (Å²) in [5, 5.41) is 7.23. The van der Waals surface area contributed by atoms with E-state index in [1.165, 1.54) is 12.8 Å². The smallest absolute Gasteiger partial charge is 0.252 e. The first-order valence-electron chi connectivity index (χ1n) is 11.0. The maximum atomic E-state index is 13.0. The number of rotatable bonds is 11. The molecule has 3 aromatic rings. The molecule has 0 unspecified atom stereocenters. The molecule has 1 amide bonds. The fraction of sp³-hybridized carbons (Fsp3) is 0.360. The number of fused-ring (bicyclic) bond motifs is 1. The monoisotopic (exact) mass is 420 g/mol. The van der Waals surface area contributed by atoms with Gasteiger partial charge in [0.1, 0.15) is 11.6 Å². The van der Waals surface area contributed by atoms with Crippen LogP contribution >= 0.6 is 0 Å². The van der Waals surface area contributed by atoms with E-state index in [1.54, 1.807) is 7.11 Å². The van der Waals surface area contributed by atoms with E-state index in [9.17, 15) is 4.79 Å². The van der Waals surface area contributed by atoms with Gasteiger partial charge in [0.15, 0.2) is 0 Å². The first-order chi connectivity index (χ1) is 15.1. The van der Waals surface area contributed by atoms with E-state index in [0.717, 1.165) is 42.0 Å². The number of methoxy groups -OCH3 is 1. The van der Waals surface area contributed by atoms with E-state index < -0.39 is 0 Å². The van der Waals surface area contributed by atoms with Crippen LogP contribution in [0, 0.1) is 0 Å². The zero-order valence-electron chi connectivity index (χ0n) is 18.6. The third-order valence-corrected chi connectivity index (χ3v) is 5.31. The van der Waals surface area contributed by atoms with E-state index in [-0.39, 0.29) is 5.91 Å². The van der Waals surface area contributed by atoms with Crippen molar-refractivity contribution < 1.29 is 9.53 Å². The van der Waals surface area contributed by atoms with E-state index >= 15 is 0 Å². The molecule has 2 aromatic carbocycles. The van der Waals surface area contributed by atoms with Gasteiger partial charge in [0.05, 0.1) is 18.2 Å². The van der Waals surface area contributed by atoms with Crippen molar-refractivity contribution in [3.05, 3.63) is 60.2 Å². The van der Waals surface area contributed by atoms with Gasteiger partial charge >= 0.3 is 0 Å². The average Bonchev–Trinajstić information content (AvgIpc) is 2.81. The fourth-order valence-corrected chi connectivity index (χ4v) is 3.48. The maximum absolute atomic E-state index is 13.0. The average molecular weight is 421 g/mol. The number of nitrogens with zero attached hydrogens (tertiary/aromatic N) is 2. The lowest BCUT2D eigenvalue weighted by molar-refractivity contribution is 0.0950. The summed E-state index contributed by atoms with van der Waals surface area (Å²) in [5.41, 5.74) is 2.28. The molecule has 1 heterocycles. The van der Waals surface area contributed by atoms with Gasteiger partial charge in [-0.15, -0.1) is 0 Å². The highest BCUT2D eigenvalue weighted by Crippen LogP contribution is 2.24. The number of nitrogens with one attached hydrogen (secondary N) is 2. The molecule has 0 aliphatic carbocycles. The van der Waals surface area contributed by atoms with Crippen LogP contribution in [0.5, 0.6) is 5.75 Å². The molecule has 1 aromatic heterocycles. The normalized spacial score (nSPS) is 11.0. The second-order valence-electron chi connectivity index (χ2n) is 7.47. The number of likely N-dealkylation sites (N-methyl/N-ethyl adjacent to an activating group) is 1. The zero-order chi connectivity index (χ0) is 22.1. The van der Waals surface area contributed by atoms with Crippen molar-refractivity contribution >= 4 is 28.3 Å². The van der Waals surface area contributed by atoms with Crippen molar-refractivity contribution in [3.8, 4) is 5.75 Å². The van der Waals surface area contributed by atoms with Gasteiger partial charge in [-0.25, -0.2) is 4.98 Å². The molecule has 6 heteroatoms. The van der Waals surface area contributed by atoms with E-state index in [1.807, 2.05) is 54.6 Å². The Labute approximate surface area is 184 Å². The van der Waals surface area contributed by atoms with Crippen LogP contribution in [0.3, 0.4) is 0 Å². The van der Waals surface area contributed by atoms with Gasteiger partial charge in [-0.3, -0.25) is 4.79 Å². The lowest BCUT2D eigenvalue weighted by Crippen LogP contribution is -2.35. The number of hydrogen-bond acceptors (Lipinski definition) is 5. The number of aromatic nitrogens is 1. The van der Waals surface area contributed by atoms with Crippen LogP contribution < -0.4 is 15.4 Å². The van der Waals surface area contributed by atoms with Crippen molar-refractivity contribution in [2.45, 2.75) is 26.7 Å². The number of carbonyl (C=O) groups excluding carboxylic acids is 1. The van der Waals surface area contributed by atoms with Crippen molar-refractivity contribution in [2.75, 3.05) is 38.6 Å². The highest BCUT2D eigenvalue weighted by atomic mass is 16.5. The van der Waals surface area contributed by atoms with Gasteiger partial charge in [-0.2, -0.15) is 0 Å². The van der Waals surface area contributed by atoms with Crippen LogP contribution in [0.15, 0.2) is 54.6 Å². The van der Waals surface area contributed by atoms with Crippen LogP contribution in [0.4, 0.5) is 11.5 Å². The summed E-state index contributed by atoms with van der Waals surface area (Å²) >= 11 is 0. The molecule has 0 spiro atoms. The lowest BCUT2D eigenvalue weighted by Gasteiger charge is -2.20. The molecule has 6 nitrogen and oxygen atoms in total. The molecule has 0 bridgehead atoms. The topological polar surface area (TPSA) is 66.5 Å². The van der Waals surface area contributed by atoms with E-state index in [2.05, 4.69) is 34.4 Å². The van der Waals surface area contributed by atoms with Crippen LogP contribution in [0.1, 0.15) is 37.0 Å². The highest BCUT2D eigenvalue weighted by molar-refractivity contribution is 6.07. The summed E-state index contributed by atoms with van der Waals surface area (Å²) < 4.78 is 5.21. The molecule has 0 aliphatic rings. The summed E-state index contributed by atoms with van der Waals surface area (Å²) in [6.45, 7) is 7.88. The molecule has 0 saturated carbocycles. The van der Waals surface area contributed by atoms with Crippen LogP contribution in [0.25, 0.3) is 10.9 Å². The summed E-state index contributed by atoms with van der Waals surface area (Å²) in [4.78, 5) is 20.1. The number of para-hydroxylation sites is 1. The highest BCUT2D eigenvalue weighted by Gasteiger charge is 2.13. The molecule has 3 rings (SSSR count). The van der Waals surface area contributed by atoms with Gasteiger partial charge < -0.3 is 20.3 Å². The molecule has 164 valence electrons. The minimum atomic E-state index is -0.0806. The number of anilines is 2. The predicted molar refractivity (Wildman–Crippen MR) is 127 cm³/mol. The third kappa shape index (κ3) is 6.18. The number of ether oxygens (including phenoxy) is 1. The number of unbranched alkanes of at least 4 members (excludes halogenated alkanes) is 1. The zero-order valence-corrected chi connectivity index (χ0v) is 18.6. The standard InChI is InChI=1S/C25H32N4O2/c1-4-6-16-29(5-2)17-15-26-25(30)22-18-24(28-23-10-8-7-9-21(22)23)27-19-11-13-20(31-3)14-12-19/h7-14,18H,4-6,15-17H2,1-3H3,(H,26,30)(H,27,28). The van der Waals surface area contributed by atoms with Crippen LogP contribution in [-0.2, 0) is 0 Å². The van der Waals surface area contributed by atoms with Crippen molar-refractivity contribution in [1.82, 2.24) is 15.2 Å².